The third-order valence-corrected chi connectivity index (χ3v) is 7.97. The van der Waals surface area contributed by atoms with Gasteiger partial charge >= 0.3 is 5.97 Å². The summed E-state index contributed by atoms with van der Waals surface area (Å²) in [7, 11) is 0. The van der Waals surface area contributed by atoms with Crippen molar-refractivity contribution in [2.24, 2.45) is 17.3 Å². The van der Waals surface area contributed by atoms with E-state index in [0.29, 0.717) is 17.4 Å². The average Bonchev–Trinajstić information content (AvgIpc) is 2.71. The second-order valence-electron chi connectivity index (χ2n) is 9.32. The molecule has 0 amide bonds. The number of halogens is 1. The molecule has 0 aliphatic heterocycles. The highest BCUT2D eigenvalue weighted by Crippen LogP contribution is 2.64. The molecule has 4 fully saturated rings. The Morgan fingerprint density at radius 1 is 0.897 bits per heavy atom. The maximum absolute atomic E-state index is 13.6. The molecule has 29 heavy (non-hydrogen) atoms. The Bertz CT molecular complexity index is 910. The highest BCUT2D eigenvalue weighted by molar-refractivity contribution is 9.10. The van der Waals surface area contributed by atoms with E-state index in [1.54, 1.807) is 12.1 Å². The fraction of sp³-hybridized carbons (Fsp3) is 0.440. The lowest BCUT2D eigenvalue weighted by Gasteiger charge is -2.59. The molecule has 3 nitrogen and oxygen atoms in total. The van der Waals surface area contributed by atoms with Crippen molar-refractivity contribution in [2.45, 2.75) is 49.0 Å². The molecule has 4 aliphatic carbocycles. The van der Waals surface area contributed by atoms with Crippen molar-refractivity contribution in [3.63, 3.8) is 0 Å². The molecule has 0 spiro atoms. The SMILES string of the molecule is O=C(c1ccccc1)[C@H](OC(=O)C12C[C@@H]3C[C@H](CC(Br)(C3)C1)C2)c1ccccc1. The van der Waals surface area contributed by atoms with E-state index in [2.05, 4.69) is 15.9 Å². The third kappa shape index (κ3) is 3.46. The van der Waals surface area contributed by atoms with Crippen LogP contribution >= 0.6 is 15.9 Å². The van der Waals surface area contributed by atoms with Gasteiger partial charge in [0.05, 0.1) is 5.41 Å². The summed E-state index contributed by atoms with van der Waals surface area (Å²) in [6.07, 6.45) is 5.27. The average molecular weight is 453 g/mol. The van der Waals surface area contributed by atoms with Gasteiger partial charge in [-0.1, -0.05) is 76.6 Å². The Labute approximate surface area is 180 Å². The molecule has 2 aromatic rings. The lowest BCUT2D eigenvalue weighted by Crippen LogP contribution is -2.56. The summed E-state index contributed by atoms with van der Waals surface area (Å²) in [4.78, 5) is 26.8. The van der Waals surface area contributed by atoms with Gasteiger partial charge in [0.1, 0.15) is 0 Å². The molecule has 0 aromatic heterocycles. The first-order chi connectivity index (χ1) is 14.0. The van der Waals surface area contributed by atoms with Gasteiger partial charge in [-0.25, -0.2) is 0 Å². The number of carbonyl (C=O) groups is 2. The highest BCUT2D eigenvalue weighted by atomic mass is 79.9. The quantitative estimate of drug-likeness (QED) is 0.322. The van der Waals surface area contributed by atoms with Gasteiger partial charge < -0.3 is 4.74 Å². The van der Waals surface area contributed by atoms with Crippen molar-refractivity contribution in [1.82, 2.24) is 0 Å². The fourth-order valence-corrected chi connectivity index (χ4v) is 7.73. The zero-order valence-corrected chi connectivity index (χ0v) is 17.9. The van der Waals surface area contributed by atoms with Gasteiger partial charge in [-0.2, -0.15) is 0 Å². The number of esters is 1. The number of hydrogen-bond donors (Lipinski definition) is 0. The summed E-state index contributed by atoms with van der Waals surface area (Å²) in [5.74, 6) is 0.823. The molecule has 4 bridgehead atoms. The number of hydrogen-bond acceptors (Lipinski definition) is 3. The predicted molar refractivity (Wildman–Crippen MR) is 115 cm³/mol. The van der Waals surface area contributed by atoms with Crippen LogP contribution in [0.3, 0.4) is 0 Å². The Hall–Kier alpha value is -1.94. The van der Waals surface area contributed by atoms with Crippen LogP contribution in [0, 0.1) is 17.3 Å². The molecule has 0 heterocycles. The van der Waals surface area contributed by atoms with Crippen molar-refractivity contribution >= 4 is 27.7 Å². The van der Waals surface area contributed by atoms with Crippen LogP contribution in [-0.2, 0) is 9.53 Å². The molecule has 6 rings (SSSR count). The normalized spacial score (nSPS) is 33.3. The van der Waals surface area contributed by atoms with Crippen LogP contribution in [0.25, 0.3) is 0 Å². The van der Waals surface area contributed by atoms with Crippen molar-refractivity contribution in [1.29, 1.82) is 0 Å². The van der Waals surface area contributed by atoms with Gasteiger partial charge in [0, 0.05) is 15.5 Å². The summed E-state index contributed by atoms with van der Waals surface area (Å²) >= 11 is 3.96. The molecule has 3 atom stereocenters. The zero-order valence-electron chi connectivity index (χ0n) is 16.4. The molecule has 150 valence electrons. The lowest BCUT2D eigenvalue weighted by molar-refractivity contribution is -0.173. The van der Waals surface area contributed by atoms with Crippen LogP contribution in [0.1, 0.15) is 60.6 Å². The zero-order chi connectivity index (χ0) is 20.1. The summed E-state index contributed by atoms with van der Waals surface area (Å²) in [6.45, 7) is 0. The highest BCUT2D eigenvalue weighted by Gasteiger charge is 2.60. The van der Waals surface area contributed by atoms with E-state index in [4.69, 9.17) is 4.74 Å². The summed E-state index contributed by atoms with van der Waals surface area (Å²) in [5.41, 5.74) is 0.849. The minimum absolute atomic E-state index is 0.0712. The van der Waals surface area contributed by atoms with E-state index in [0.717, 1.165) is 37.7 Å². The summed E-state index contributed by atoms with van der Waals surface area (Å²) in [5, 5.41) is 0. The number of alkyl halides is 1. The largest absolute Gasteiger partial charge is 0.449 e. The second kappa shape index (κ2) is 7.09. The van der Waals surface area contributed by atoms with Crippen LogP contribution in [0.2, 0.25) is 0 Å². The van der Waals surface area contributed by atoms with Crippen LogP contribution in [0.5, 0.6) is 0 Å². The maximum atomic E-state index is 13.6. The van der Waals surface area contributed by atoms with Crippen LogP contribution in [0.4, 0.5) is 0 Å². The standard InChI is InChI=1S/C25H25BrO3/c26-25-14-17-11-18(15-25)13-24(12-17,16-25)23(28)29-22(20-9-5-2-6-10-20)21(27)19-7-3-1-4-8-19/h1-10,17-18,22H,11-16H2/t17-,18-,22+,24?,25?/m0/s1. The lowest BCUT2D eigenvalue weighted by atomic mass is 9.49. The van der Waals surface area contributed by atoms with Gasteiger partial charge in [0.2, 0.25) is 5.78 Å². The Morgan fingerprint density at radius 2 is 1.48 bits per heavy atom. The van der Waals surface area contributed by atoms with Crippen LogP contribution in [0.15, 0.2) is 60.7 Å². The molecule has 4 heteroatoms. The Balaban J connectivity index is 1.45. The smallest absolute Gasteiger partial charge is 0.313 e. The number of ketones is 1. The Kier molecular flexibility index (Phi) is 4.65. The van der Waals surface area contributed by atoms with Crippen molar-refractivity contribution in [2.75, 3.05) is 0 Å². The number of Topliss-reactive ketones (excluding diaryl/α,β-unsaturated/α-hetero) is 1. The summed E-state index contributed by atoms with van der Waals surface area (Å²) in [6, 6.07) is 18.5. The van der Waals surface area contributed by atoms with E-state index >= 15 is 0 Å². The van der Waals surface area contributed by atoms with Crippen molar-refractivity contribution in [3.8, 4) is 0 Å². The fourth-order valence-electron chi connectivity index (χ4n) is 6.28. The molecular weight excluding hydrogens is 428 g/mol. The number of rotatable bonds is 5. The third-order valence-electron chi connectivity index (χ3n) is 7.05. The number of ether oxygens (including phenoxy) is 1. The van der Waals surface area contributed by atoms with E-state index in [-0.39, 0.29) is 16.1 Å². The summed E-state index contributed by atoms with van der Waals surface area (Å²) < 4.78 is 6.14. The molecule has 0 unspecified atom stereocenters. The monoisotopic (exact) mass is 452 g/mol. The molecule has 2 aromatic carbocycles. The topological polar surface area (TPSA) is 43.4 Å². The van der Waals surface area contributed by atoms with Gasteiger partial charge in [0.15, 0.2) is 6.10 Å². The molecule has 4 aliphatic rings. The van der Waals surface area contributed by atoms with Gasteiger partial charge in [-0.05, 0) is 50.4 Å². The van der Waals surface area contributed by atoms with Crippen molar-refractivity contribution < 1.29 is 14.3 Å². The van der Waals surface area contributed by atoms with Gasteiger partial charge in [-0.3, -0.25) is 9.59 Å². The number of carbonyl (C=O) groups excluding carboxylic acids is 2. The van der Waals surface area contributed by atoms with Gasteiger partial charge in [0.25, 0.3) is 0 Å². The van der Waals surface area contributed by atoms with Crippen LogP contribution < -0.4 is 0 Å². The number of benzene rings is 2. The first-order valence-corrected chi connectivity index (χ1v) is 11.3. The first-order valence-electron chi connectivity index (χ1n) is 10.5. The molecule has 0 radical (unpaired) electrons. The minimum Gasteiger partial charge on any atom is -0.449 e. The molecular formula is C25H25BrO3. The predicted octanol–water partition coefficient (Wildman–Crippen LogP) is 5.89. The minimum atomic E-state index is -0.898. The molecule has 0 N–H and O–H groups in total. The van der Waals surface area contributed by atoms with E-state index in [1.165, 1.54) is 6.42 Å². The van der Waals surface area contributed by atoms with Gasteiger partial charge in [-0.15, -0.1) is 0 Å². The Morgan fingerprint density at radius 3 is 2.07 bits per heavy atom. The molecule has 4 saturated carbocycles. The first kappa shape index (κ1) is 19.0. The van der Waals surface area contributed by atoms with E-state index < -0.39 is 11.5 Å². The van der Waals surface area contributed by atoms with E-state index in [1.807, 2.05) is 48.5 Å². The van der Waals surface area contributed by atoms with Crippen LogP contribution in [-0.4, -0.2) is 16.1 Å². The molecule has 0 saturated heterocycles. The second-order valence-corrected chi connectivity index (χ2v) is 11.0. The maximum Gasteiger partial charge on any atom is 0.313 e. The van der Waals surface area contributed by atoms with Crippen molar-refractivity contribution in [3.05, 3.63) is 71.8 Å². The van der Waals surface area contributed by atoms with E-state index in [9.17, 15) is 9.59 Å².